The van der Waals surface area contributed by atoms with Crippen LogP contribution >= 0.6 is 11.3 Å². The molecule has 12 heteroatoms. The Balaban J connectivity index is 1.74. The molecule has 1 aliphatic rings. The molecular formula is C28H36N4O7S. The number of hydrogen-bond acceptors (Lipinski definition) is 8. The molecule has 0 bridgehead atoms. The Labute approximate surface area is 237 Å². The van der Waals surface area contributed by atoms with Crippen molar-refractivity contribution in [3.05, 3.63) is 47.0 Å². The van der Waals surface area contributed by atoms with Crippen LogP contribution in [0, 0.1) is 0 Å². The maximum absolute atomic E-state index is 13.4. The highest BCUT2D eigenvalue weighted by atomic mass is 32.1. The summed E-state index contributed by atoms with van der Waals surface area (Å²) in [6, 6.07) is 8.36. The van der Waals surface area contributed by atoms with Gasteiger partial charge in [-0.3, -0.25) is 14.4 Å². The number of hydrogen-bond donors (Lipinski definition) is 2. The number of benzene rings is 1. The highest BCUT2D eigenvalue weighted by molar-refractivity contribution is 7.16. The SMILES string of the molecule is CCCCOC(=O)N1CCN(C(=O)C(CCC(=O)O)NC(=O)c2nc(-c3ccccc3)sc2C=CCOC)CC1. The number of unbranched alkanes of at least 4 members (excludes halogenated alkanes) is 1. The molecule has 0 aliphatic carbocycles. The summed E-state index contributed by atoms with van der Waals surface area (Å²) < 4.78 is 10.3. The van der Waals surface area contributed by atoms with Gasteiger partial charge in [0.15, 0.2) is 0 Å². The number of amides is 3. The van der Waals surface area contributed by atoms with Gasteiger partial charge in [-0.25, -0.2) is 9.78 Å². The first-order valence-corrected chi connectivity index (χ1v) is 14.1. The third-order valence-corrected chi connectivity index (χ3v) is 7.31. The molecule has 2 heterocycles. The zero-order valence-corrected chi connectivity index (χ0v) is 23.7. The van der Waals surface area contributed by atoms with E-state index in [4.69, 9.17) is 9.47 Å². The van der Waals surface area contributed by atoms with Gasteiger partial charge in [0.05, 0.1) is 18.1 Å². The minimum atomic E-state index is -1.07. The minimum absolute atomic E-state index is 0.0797. The van der Waals surface area contributed by atoms with Crippen LogP contribution in [0.2, 0.25) is 0 Å². The van der Waals surface area contributed by atoms with Gasteiger partial charge in [-0.15, -0.1) is 11.3 Å². The van der Waals surface area contributed by atoms with E-state index in [1.807, 2.05) is 37.3 Å². The van der Waals surface area contributed by atoms with E-state index in [0.717, 1.165) is 18.4 Å². The Morgan fingerprint density at radius 1 is 1.12 bits per heavy atom. The number of carbonyl (C=O) groups is 4. The van der Waals surface area contributed by atoms with Crippen LogP contribution in [0.1, 0.15) is 48.0 Å². The lowest BCUT2D eigenvalue weighted by Gasteiger charge is -2.36. The fourth-order valence-electron chi connectivity index (χ4n) is 4.04. The van der Waals surface area contributed by atoms with E-state index in [0.29, 0.717) is 23.1 Å². The zero-order valence-electron chi connectivity index (χ0n) is 22.8. The van der Waals surface area contributed by atoms with Crippen molar-refractivity contribution in [2.75, 3.05) is 46.5 Å². The van der Waals surface area contributed by atoms with Crippen molar-refractivity contribution < 1.29 is 33.8 Å². The van der Waals surface area contributed by atoms with Crippen LogP contribution in [0.15, 0.2) is 36.4 Å². The fourth-order valence-corrected chi connectivity index (χ4v) is 5.04. The lowest BCUT2D eigenvalue weighted by Crippen LogP contribution is -2.56. The summed E-state index contributed by atoms with van der Waals surface area (Å²) in [4.78, 5) is 58.7. The number of thiazole rings is 1. The van der Waals surface area contributed by atoms with E-state index in [2.05, 4.69) is 10.3 Å². The number of ether oxygens (including phenoxy) is 2. The van der Waals surface area contributed by atoms with Crippen molar-refractivity contribution in [2.24, 2.45) is 0 Å². The first-order chi connectivity index (χ1) is 19.3. The van der Waals surface area contributed by atoms with Crippen LogP contribution in [0.3, 0.4) is 0 Å². The van der Waals surface area contributed by atoms with Gasteiger partial charge < -0.3 is 29.7 Å². The molecule has 3 rings (SSSR count). The van der Waals surface area contributed by atoms with Crippen molar-refractivity contribution in [1.82, 2.24) is 20.1 Å². The van der Waals surface area contributed by atoms with Crippen molar-refractivity contribution >= 4 is 41.3 Å². The molecule has 11 nitrogen and oxygen atoms in total. The first-order valence-electron chi connectivity index (χ1n) is 13.3. The van der Waals surface area contributed by atoms with Crippen molar-refractivity contribution in [3.63, 3.8) is 0 Å². The van der Waals surface area contributed by atoms with Gasteiger partial charge in [0, 0.05) is 45.3 Å². The Hall–Kier alpha value is -3.77. The van der Waals surface area contributed by atoms with Gasteiger partial charge in [0.1, 0.15) is 16.7 Å². The Bertz CT molecular complexity index is 1180. The summed E-state index contributed by atoms with van der Waals surface area (Å²) in [5, 5.41) is 12.6. The second kappa shape index (κ2) is 15.7. The number of nitrogens with one attached hydrogen (secondary N) is 1. The van der Waals surface area contributed by atoms with Crippen molar-refractivity contribution in [1.29, 1.82) is 0 Å². The predicted octanol–water partition coefficient (Wildman–Crippen LogP) is 3.51. The van der Waals surface area contributed by atoms with Gasteiger partial charge in [0.2, 0.25) is 5.91 Å². The number of piperazine rings is 1. The molecule has 0 saturated carbocycles. The van der Waals surface area contributed by atoms with Gasteiger partial charge in [-0.2, -0.15) is 0 Å². The number of carboxylic acid groups (broad SMARTS) is 1. The summed E-state index contributed by atoms with van der Waals surface area (Å²) in [6.07, 6.45) is 4.41. The number of methoxy groups -OCH3 is 1. The molecule has 0 spiro atoms. The van der Waals surface area contributed by atoms with Crippen molar-refractivity contribution in [2.45, 2.75) is 38.6 Å². The van der Waals surface area contributed by atoms with Crippen LogP contribution in [0.4, 0.5) is 4.79 Å². The summed E-state index contributed by atoms with van der Waals surface area (Å²) in [6.45, 7) is 3.78. The lowest BCUT2D eigenvalue weighted by molar-refractivity contribution is -0.138. The molecule has 0 radical (unpaired) electrons. The molecule has 216 valence electrons. The van der Waals surface area contributed by atoms with Crippen LogP contribution in [-0.4, -0.2) is 96.3 Å². The van der Waals surface area contributed by atoms with Crippen LogP contribution in [0.25, 0.3) is 16.6 Å². The summed E-state index contributed by atoms with van der Waals surface area (Å²) in [5.74, 6) is -2.05. The summed E-state index contributed by atoms with van der Waals surface area (Å²) in [7, 11) is 1.56. The zero-order chi connectivity index (χ0) is 28.9. The third kappa shape index (κ3) is 8.88. The molecule has 1 aromatic heterocycles. The minimum Gasteiger partial charge on any atom is -0.481 e. The Morgan fingerprint density at radius 3 is 2.48 bits per heavy atom. The smallest absolute Gasteiger partial charge is 0.409 e. The quantitative estimate of drug-likeness (QED) is 0.348. The van der Waals surface area contributed by atoms with Gasteiger partial charge in [0.25, 0.3) is 5.91 Å². The normalized spacial score (nSPS) is 14.2. The Kier molecular flexibility index (Phi) is 12.1. The molecule has 2 N–H and O–H groups in total. The Morgan fingerprint density at radius 2 is 1.82 bits per heavy atom. The third-order valence-electron chi connectivity index (χ3n) is 6.24. The second-order valence-electron chi connectivity index (χ2n) is 9.19. The molecule has 1 aromatic carbocycles. The average Bonchev–Trinajstić information content (AvgIpc) is 3.40. The molecule has 3 amide bonds. The van der Waals surface area contributed by atoms with E-state index in [9.17, 15) is 24.3 Å². The van der Waals surface area contributed by atoms with Gasteiger partial charge in [-0.05, 0) is 18.9 Å². The van der Waals surface area contributed by atoms with E-state index in [1.54, 1.807) is 29.1 Å². The van der Waals surface area contributed by atoms with E-state index < -0.39 is 29.9 Å². The number of carboxylic acids is 1. The molecular weight excluding hydrogens is 536 g/mol. The number of carbonyl (C=O) groups excluding carboxylic acids is 3. The van der Waals surface area contributed by atoms with E-state index in [-0.39, 0.29) is 44.7 Å². The van der Waals surface area contributed by atoms with Gasteiger partial charge >= 0.3 is 12.1 Å². The lowest BCUT2D eigenvalue weighted by atomic mass is 10.1. The van der Waals surface area contributed by atoms with E-state index >= 15 is 0 Å². The monoisotopic (exact) mass is 572 g/mol. The van der Waals surface area contributed by atoms with Gasteiger partial charge in [-0.1, -0.05) is 49.8 Å². The molecule has 1 aliphatic heterocycles. The number of aliphatic carboxylic acids is 1. The molecule has 1 atom stereocenters. The highest BCUT2D eigenvalue weighted by Crippen LogP contribution is 2.29. The van der Waals surface area contributed by atoms with Crippen LogP contribution < -0.4 is 5.32 Å². The number of aromatic nitrogens is 1. The van der Waals surface area contributed by atoms with Crippen LogP contribution in [0.5, 0.6) is 0 Å². The average molecular weight is 573 g/mol. The fraction of sp³-hybridized carbons (Fsp3) is 0.464. The number of nitrogens with zero attached hydrogens (tertiary/aromatic N) is 3. The van der Waals surface area contributed by atoms with Crippen molar-refractivity contribution in [3.8, 4) is 10.6 Å². The summed E-state index contributed by atoms with van der Waals surface area (Å²) in [5.41, 5.74) is 0.988. The molecule has 1 unspecified atom stereocenters. The topological polar surface area (TPSA) is 138 Å². The molecule has 1 fully saturated rings. The number of rotatable bonds is 13. The standard InChI is InChI=1S/C28H36N4O7S/c1-3-4-19-39-28(37)32-16-14-31(15-17-32)27(36)21(12-13-23(33)34)29-25(35)24-22(11-8-18-38-2)40-26(30-24)20-9-6-5-7-10-20/h5-11,21H,3-4,12-19H2,1-2H3,(H,29,35)(H,33,34). The first kappa shape index (κ1) is 30.8. The van der Waals surface area contributed by atoms with E-state index in [1.165, 1.54) is 11.3 Å². The largest absolute Gasteiger partial charge is 0.481 e. The predicted molar refractivity (Wildman–Crippen MR) is 151 cm³/mol. The maximum atomic E-state index is 13.4. The highest BCUT2D eigenvalue weighted by Gasteiger charge is 2.32. The van der Waals surface area contributed by atoms with Crippen LogP contribution in [-0.2, 0) is 19.1 Å². The molecule has 40 heavy (non-hydrogen) atoms. The molecule has 1 saturated heterocycles. The molecule has 2 aromatic rings. The summed E-state index contributed by atoms with van der Waals surface area (Å²) >= 11 is 1.33. The second-order valence-corrected chi connectivity index (χ2v) is 10.2. The maximum Gasteiger partial charge on any atom is 0.409 e.